The molecule has 0 amide bonds. The van der Waals surface area contributed by atoms with Crippen LogP contribution in [-0.2, 0) is 6.67 Å². The van der Waals surface area contributed by atoms with Gasteiger partial charge >= 0.3 is 0 Å². The average molecular weight is 384 g/mol. The summed E-state index contributed by atoms with van der Waals surface area (Å²) in [7, 11) is 0. The number of H-pyrrole nitrogens is 1. The van der Waals surface area contributed by atoms with Crippen molar-refractivity contribution in [2.24, 2.45) is 0 Å². The van der Waals surface area contributed by atoms with Crippen LogP contribution in [0.2, 0.25) is 0 Å². The number of quaternary nitrogens is 1. The van der Waals surface area contributed by atoms with Gasteiger partial charge in [0.1, 0.15) is 0 Å². The molecule has 0 unspecified atom stereocenters. The number of aryl methyl sites for hydroxylation is 2. The first kappa shape index (κ1) is 17.8. The highest BCUT2D eigenvalue weighted by Crippen LogP contribution is 2.13. The Labute approximate surface area is 163 Å². The second kappa shape index (κ2) is 7.58. The van der Waals surface area contributed by atoms with Crippen LogP contribution in [0.3, 0.4) is 0 Å². The molecule has 0 radical (unpaired) electrons. The smallest absolute Gasteiger partial charge is 0.225 e. The van der Waals surface area contributed by atoms with Gasteiger partial charge in [-0.3, -0.25) is 0 Å². The molecule has 140 valence electrons. The number of anilines is 1. The van der Waals surface area contributed by atoms with Crippen LogP contribution in [-0.4, -0.2) is 46.0 Å². The number of hydrogen-bond donors (Lipinski definition) is 1. The van der Waals surface area contributed by atoms with Crippen molar-refractivity contribution in [3.8, 4) is 5.69 Å². The van der Waals surface area contributed by atoms with Crippen LogP contribution in [0.4, 0.5) is 5.69 Å². The molecule has 27 heavy (non-hydrogen) atoms. The van der Waals surface area contributed by atoms with E-state index in [-0.39, 0.29) is 0 Å². The molecular weight excluding hydrogens is 358 g/mol. The summed E-state index contributed by atoms with van der Waals surface area (Å²) in [5, 5.41) is 8.59. The van der Waals surface area contributed by atoms with Crippen LogP contribution in [0.1, 0.15) is 11.1 Å². The van der Waals surface area contributed by atoms with E-state index in [1.165, 1.54) is 21.7 Å². The fourth-order valence-corrected chi connectivity index (χ4v) is 3.68. The number of nitrogens with one attached hydrogen (secondary N) is 2. The summed E-state index contributed by atoms with van der Waals surface area (Å²) in [5.41, 5.74) is 4.72. The maximum atomic E-state index is 5.63. The van der Waals surface area contributed by atoms with Crippen LogP contribution in [0.25, 0.3) is 5.69 Å². The van der Waals surface area contributed by atoms with Gasteiger partial charge in [0.25, 0.3) is 0 Å². The minimum atomic E-state index is 0.645. The highest BCUT2D eigenvalue weighted by Gasteiger charge is 2.21. The van der Waals surface area contributed by atoms with Crippen LogP contribution in [0.5, 0.6) is 0 Å². The number of piperazine rings is 1. The SMILES string of the molecule is Cc1ccc(-n2nnn(C[NH+]3CCN(c4cc[nH+]cc4)CC3)c2=S)cc1C. The number of aromatic nitrogens is 5. The van der Waals surface area contributed by atoms with Crippen molar-refractivity contribution in [2.75, 3.05) is 31.1 Å². The number of pyridine rings is 1. The zero-order chi connectivity index (χ0) is 18.8. The van der Waals surface area contributed by atoms with Crippen LogP contribution in [0, 0.1) is 18.6 Å². The lowest BCUT2D eigenvalue weighted by atomic mass is 10.1. The van der Waals surface area contributed by atoms with E-state index in [0.29, 0.717) is 4.77 Å². The highest BCUT2D eigenvalue weighted by molar-refractivity contribution is 7.71. The lowest BCUT2D eigenvalue weighted by Crippen LogP contribution is -3.14. The Hall–Kier alpha value is -2.58. The number of aromatic amines is 1. The Kier molecular flexibility index (Phi) is 5.00. The summed E-state index contributed by atoms with van der Waals surface area (Å²) in [6, 6.07) is 10.5. The van der Waals surface area contributed by atoms with Crippen molar-refractivity contribution >= 4 is 17.9 Å². The number of benzene rings is 1. The third-order valence-electron chi connectivity index (χ3n) is 5.28. The molecule has 2 aromatic heterocycles. The first-order valence-corrected chi connectivity index (χ1v) is 9.68. The topological polar surface area (TPSA) is 57.5 Å². The molecule has 1 aliphatic rings. The lowest BCUT2D eigenvalue weighted by molar-refractivity contribution is -0.924. The molecule has 1 aliphatic heterocycles. The highest BCUT2D eigenvalue weighted by atomic mass is 32.1. The molecule has 0 aliphatic carbocycles. The van der Waals surface area contributed by atoms with Crippen molar-refractivity contribution < 1.29 is 9.88 Å². The summed E-state index contributed by atoms with van der Waals surface area (Å²) in [5.74, 6) is 0. The zero-order valence-electron chi connectivity index (χ0n) is 15.7. The molecule has 0 atom stereocenters. The predicted octanol–water partition coefficient (Wildman–Crippen LogP) is 0.592. The van der Waals surface area contributed by atoms with Gasteiger partial charge in [-0.15, -0.1) is 0 Å². The van der Waals surface area contributed by atoms with Crippen LogP contribution >= 0.6 is 12.2 Å². The number of rotatable bonds is 4. The van der Waals surface area contributed by atoms with E-state index in [1.807, 2.05) is 23.1 Å². The van der Waals surface area contributed by atoms with E-state index in [9.17, 15) is 0 Å². The summed E-state index contributed by atoms with van der Waals surface area (Å²) < 4.78 is 4.23. The van der Waals surface area contributed by atoms with Gasteiger partial charge < -0.3 is 9.80 Å². The molecule has 3 heterocycles. The summed E-state index contributed by atoms with van der Waals surface area (Å²) in [6.07, 6.45) is 3.94. The van der Waals surface area contributed by atoms with Crippen molar-refractivity contribution in [1.29, 1.82) is 0 Å². The van der Waals surface area contributed by atoms with Gasteiger partial charge in [0.05, 0.1) is 31.9 Å². The third-order valence-corrected chi connectivity index (χ3v) is 5.67. The lowest BCUT2D eigenvalue weighted by Gasteiger charge is -2.32. The quantitative estimate of drug-likeness (QED) is 0.670. The molecule has 4 rings (SSSR count). The zero-order valence-corrected chi connectivity index (χ0v) is 16.5. The monoisotopic (exact) mass is 383 g/mol. The van der Waals surface area contributed by atoms with E-state index in [1.54, 1.807) is 4.68 Å². The average Bonchev–Trinajstić information content (AvgIpc) is 3.06. The second-order valence-corrected chi connectivity index (χ2v) is 7.46. The molecule has 0 saturated carbocycles. The van der Waals surface area contributed by atoms with E-state index in [4.69, 9.17) is 12.2 Å². The number of tetrazole rings is 1. The van der Waals surface area contributed by atoms with E-state index < -0.39 is 0 Å². The van der Waals surface area contributed by atoms with Gasteiger partial charge in [-0.25, -0.2) is 4.98 Å². The molecule has 8 heteroatoms. The van der Waals surface area contributed by atoms with Crippen molar-refractivity contribution in [1.82, 2.24) is 19.8 Å². The first-order valence-electron chi connectivity index (χ1n) is 9.27. The molecule has 1 fully saturated rings. The van der Waals surface area contributed by atoms with Crippen molar-refractivity contribution in [3.63, 3.8) is 0 Å². The summed E-state index contributed by atoms with van der Waals surface area (Å²) >= 11 is 5.63. The Morgan fingerprint density at radius 2 is 1.74 bits per heavy atom. The molecule has 0 bridgehead atoms. The molecule has 0 spiro atoms. The van der Waals surface area contributed by atoms with Gasteiger partial charge in [-0.05, 0) is 59.8 Å². The molecule has 1 aromatic carbocycles. The maximum absolute atomic E-state index is 5.63. The van der Waals surface area contributed by atoms with Gasteiger partial charge in [0, 0.05) is 17.8 Å². The summed E-state index contributed by atoms with van der Waals surface area (Å²) in [6.45, 7) is 9.11. The molecule has 2 N–H and O–H groups in total. The van der Waals surface area contributed by atoms with Gasteiger partial charge in [-0.1, -0.05) is 6.07 Å². The maximum Gasteiger partial charge on any atom is 0.225 e. The van der Waals surface area contributed by atoms with E-state index in [2.05, 4.69) is 58.4 Å². The van der Waals surface area contributed by atoms with Crippen molar-refractivity contribution in [3.05, 3.63) is 58.6 Å². The minimum Gasteiger partial charge on any atom is -0.360 e. The Bertz CT molecular complexity index is 971. The Morgan fingerprint density at radius 3 is 2.44 bits per heavy atom. The fourth-order valence-electron chi connectivity index (χ4n) is 3.43. The van der Waals surface area contributed by atoms with Crippen LogP contribution < -0.4 is 14.8 Å². The van der Waals surface area contributed by atoms with Gasteiger partial charge in [0.2, 0.25) is 4.77 Å². The molecule has 7 nitrogen and oxygen atoms in total. The minimum absolute atomic E-state index is 0.645. The molecular formula is C19H25N7S+2. The molecule has 3 aromatic rings. The Morgan fingerprint density at radius 1 is 1.00 bits per heavy atom. The van der Waals surface area contributed by atoms with E-state index >= 15 is 0 Å². The summed E-state index contributed by atoms with van der Waals surface area (Å²) in [4.78, 5) is 6.97. The number of hydrogen-bond acceptors (Lipinski definition) is 4. The first-order chi connectivity index (χ1) is 13.1. The fraction of sp³-hybridized carbons (Fsp3) is 0.368. The van der Waals surface area contributed by atoms with Gasteiger partial charge in [-0.2, -0.15) is 9.36 Å². The molecule has 1 saturated heterocycles. The third kappa shape index (κ3) is 3.77. The number of nitrogens with zero attached hydrogens (tertiary/aromatic N) is 5. The van der Waals surface area contributed by atoms with Crippen molar-refractivity contribution in [2.45, 2.75) is 20.5 Å². The van der Waals surface area contributed by atoms with Gasteiger partial charge in [0.15, 0.2) is 19.1 Å². The van der Waals surface area contributed by atoms with Crippen LogP contribution in [0.15, 0.2) is 42.7 Å². The van der Waals surface area contributed by atoms with E-state index in [0.717, 1.165) is 38.5 Å². The standard InChI is InChI=1S/C19H23N7S/c1-15-3-4-18(13-16(15)2)26-19(27)25(21-22-26)14-23-9-11-24(12-10-23)17-5-7-20-8-6-17/h3-8,13H,9-12,14H2,1-2H3/p+2. The predicted molar refractivity (Wildman–Crippen MR) is 106 cm³/mol. The largest absolute Gasteiger partial charge is 0.360 e. The second-order valence-electron chi connectivity index (χ2n) is 7.09. The normalized spacial score (nSPS) is 15.3. The Balaban J connectivity index is 1.43.